The van der Waals surface area contributed by atoms with Crippen LogP contribution in [0.2, 0.25) is 0 Å². The number of hydrogen-bond donors (Lipinski definition) is 2. The highest BCUT2D eigenvalue weighted by atomic mass is 32.2. The van der Waals surface area contributed by atoms with Gasteiger partial charge >= 0.3 is 5.97 Å². The van der Waals surface area contributed by atoms with Crippen LogP contribution in [0.25, 0.3) is 0 Å². The van der Waals surface area contributed by atoms with Crippen LogP contribution < -0.4 is 10.6 Å². The molecule has 0 atom stereocenters. The fourth-order valence-corrected chi connectivity index (χ4v) is 5.28. The molecule has 1 heterocycles. The molecule has 10 heteroatoms. The van der Waals surface area contributed by atoms with Crippen LogP contribution in [-0.4, -0.2) is 56.2 Å². The van der Waals surface area contributed by atoms with Gasteiger partial charge in [-0.2, -0.15) is 4.31 Å². The van der Waals surface area contributed by atoms with Gasteiger partial charge in [0.05, 0.1) is 21.7 Å². The Kier molecular flexibility index (Phi) is 7.28. The topological polar surface area (TPSA) is 122 Å². The van der Waals surface area contributed by atoms with Gasteiger partial charge in [0.2, 0.25) is 10.0 Å². The minimum Gasteiger partial charge on any atom is -0.452 e. The van der Waals surface area contributed by atoms with Gasteiger partial charge in [0.15, 0.2) is 6.61 Å². The van der Waals surface area contributed by atoms with E-state index in [1.165, 1.54) is 28.6 Å². The Morgan fingerprint density at radius 1 is 0.971 bits per heavy atom. The lowest BCUT2D eigenvalue weighted by atomic mass is 10.1. The highest BCUT2D eigenvalue weighted by Gasteiger charge is 2.27. The number of rotatable bonds is 8. The van der Waals surface area contributed by atoms with Crippen molar-refractivity contribution in [2.24, 2.45) is 0 Å². The summed E-state index contributed by atoms with van der Waals surface area (Å²) in [6.45, 7) is 0.329. The third-order valence-corrected chi connectivity index (χ3v) is 7.61. The van der Waals surface area contributed by atoms with E-state index in [1.807, 2.05) is 0 Å². The molecule has 2 aliphatic rings. The molecular formula is C24H27N3O6S. The fourth-order valence-electron chi connectivity index (χ4n) is 3.72. The van der Waals surface area contributed by atoms with Crippen LogP contribution in [0.1, 0.15) is 52.8 Å². The number of sulfonamides is 1. The Balaban J connectivity index is 1.36. The Morgan fingerprint density at radius 3 is 2.44 bits per heavy atom. The van der Waals surface area contributed by atoms with Crippen molar-refractivity contribution in [3.05, 3.63) is 59.7 Å². The first kappa shape index (κ1) is 23.9. The maximum atomic E-state index is 12.9. The summed E-state index contributed by atoms with van der Waals surface area (Å²) in [4.78, 5) is 37.2. The van der Waals surface area contributed by atoms with Gasteiger partial charge in [-0.15, -0.1) is 0 Å². The van der Waals surface area contributed by atoms with Gasteiger partial charge in [0.1, 0.15) is 0 Å². The van der Waals surface area contributed by atoms with E-state index in [-0.39, 0.29) is 22.4 Å². The monoisotopic (exact) mass is 485 g/mol. The predicted molar refractivity (Wildman–Crippen MR) is 125 cm³/mol. The summed E-state index contributed by atoms with van der Waals surface area (Å²) in [5, 5.41) is 5.46. The molecule has 2 aromatic carbocycles. The van der Waals surface area contributed by atoms with E-state index in [4.69, 9.17) is 4.74 Å². The number of benzene rings is 2. The second-order valence-corrected chi connectivity index (χ2v) is 10.3. The predicted octanol–water partition coefficient (Wildman–Crippen LogP) is 2.55. The second kappa shape index (κ2) is 10.4. The maximum Gasteiger partial charge on any atom is 0.338 e. The van der Waals surface area contributed by atoms with Crippen molar-refractivity contribution >= 4 is 33.5 Å². The van der Waals surface area contributed by atoms with Crippen LogP contribution in [0, 0.1) is 0 Å². The molecule has 0 radical (unpaired) electrons. The normalized spacial score (nSPS) is 16.5. The Labute approximate surface area is 198 Å². The van der Waals surface area contributed by atoms with Crippen molar-refractivity contribution in [3.8, 4) is 0 Å². The highest BCUT2D eigenvalue weighted by Crippen LogP contribution is 2.23. The van der Waals surface area contributed by atoms with Crippen molar-refractivity contribution in [1.29, 1.82) is 0 Å². The third kappa shape index (κ3) is 5.81. The van der Waals surface area contributed by atoms with Gasteiger partial charge in [0, 0.05) is 19.1 Å². The number of para-hydroxylation sites is 1. The number of carbonyl (C=O) groups excluding carboxylic acids is 3. The lowest BCUT2D eigenvalue weighted by Crippen LogP contribution is -2.35. The minimum atomic E-state index is -3.70. The molecule has 0 bridgehead atoms. The lowest BCUT2D eigenvalue weighted by molar-refractivity contribution is -0.119. The van der Waals surface area contributed by atoms with E-state index < -0.39 is 28.5 Å². The van der Waals surface area contributed by atoms with Crippen LogP contribution >= 0.6 is 0 Å². The molecular weight excluding hydrogens is 458 g/mol. The summed E-state index contributed by atoms with van der Waals surface area (Å²) < 4.78 is 32.2. The average Bonchev–Trinajstić information content (AvgIpc) is 3.67. The number of nitrogens with zero attached hydrogens (tertiary/aromatic N) is 1. The first-order valence-electron chi connectivity index (χ1n) is 11.3. The molecule has 1 saturated heterocycles. The van der Waals surface area contributed by atoms with E-state index in [0.29, 0.717) is 24.3 Å². The van der Waals surface area contributed by atoms with Gasteiger partial charge in [-0.3, -0.25) is 9.59 Å². The van der Waals surface area contributed by atoms with Crippen molar-refractivity contribution < 1.29 is 27.5 Å². The lowest BCUT2D eigenvalue weighted by Gasteiger charge is -2.25. The summed E-state index contributed by atoms with van der Waals surface area (Å²) in [6.07, 6.45) is 4.49. The highest BCUT2D eigenvalue weighted by molar-refractivity contribution is 7.89. The summed E-state index contributed by atoms with van der Waals surface area (Å²) in [5.41, 5.74) is 0.677. The van der Waals surface area contributed by atoms with E-state index in [0.717, 1.165) is 32.1 Å². The van der Waals surface area contributed by atoms with Crippen molar-refractivity contribution in [1.82, 2.24) is 9.62 Å². The molecule has 180 valence electrons. The molecule has 34 heavy (non-hydrogen) atoms. The average molecular weight is 486 g/mol. The first-order chi connectivity index (χ1) is 16.3. The summed E-state index contributed by atoms with van der Waals surface area (Å²) in [7, 11) is -3.70. The Bertz CT molecular complexity index is 1190. The molecule has 2 amide bonds. The number of carbonyl (C=O) groups is 3. The zero-order chi connectivity index (χ0) is 24.1. The maximum absolute atomic E-state index is 12.9. The molecule has 1 aliphatic heterocycles. The molecule has 0 unspecified atom stereocenters. The van der Waals surface area contributed by atoms with Crippen LogP contribution in [0.4, 0.5) is 5.69 Å². The van der Waals surface area contributed by atoms with Crippen molar-refractivity contribution in [3.63, 3.8) is 0 Å². The van der Waals surface area contributed by atoms with Crippen LogP contribution in [0.15, 0.2) is 53.4 Å². The van der Waals surface area contributed by atoms with Gasteiger partial charge in [0.25, 0.3) is 11.8 Å². The van der Waals surface area contributed by atoms with Gasteiger partial charge in [-0.05, 0) is 56.0 Å². The molecule has 0 aromatic heterocycles. The molecule has 1 saturated carbocycles. The zero-order valence-corrected chi connectivity index (χ0v) is 19.5. The van der Waals surface area contributed by atoms with Gasteiger partial charge < -0.3 is 15.4 Å². The quantitative estimate of drug-likeness (QED) is 0.554. The summed E-state index contributed by atoms with van der Waals surface area (Å²) in [5.74, 6) is -1.70. The molecule has 1 aliphatic carbocycles. The number of amides is 2. The number of esters is 1. The van der Waals surface area contributed by atoms with Crippen molar-refractivity contribution in [2.75, 3.05) is 25.0 Å². The molecule has 4 rings (SSSR count). The smallest absolute Gasteiger partial charge is 0.338 e. The number of piperidine rings is 1. The molecule has 2 N–H and O–H groups in total. The standard InChI is InChI=1S/C24H27N3O6S/c28-22(26-21-10-3-2-9-20(21)23(29)25-18-11-12-18)16-33-24(30)17-7-6-8-19(15-17)34(31,32)27-13-4-1-5-14-27/h2-3,6-10,15,18H,1,4-5,11-14,16H2,(H,25,29)(H,26,28). The second-order valence-electron chi connectivity index (χ2n) is 8.41. The molecule has 9 nitrogen and oxygen atoms in total. The number of ether oxygens (including phenoxy) is 1. The van der Waals surface area contributed by atoms with E-state index in [9.17, 15) is 22.8 Å². The fraction of sp³-hybridized carbons (Fsp3) is 0.375. The van der Waals surface area contributed by atoms with E-state index in [2.05, 4.69) is 10.6 Å². The van der Waals surface area contributed by atoms with E-state index >= 15 is 0 Å². The molecule has 0 spiro atoms. The van der Waals surface area contributed by atoms with Crippen molar-refractivity contribution in [2.45, 2.75) is 43.0 Å². The SMILES string of the molecule is O=C(COC(=O)c1cccc(S(=O)(=O)N2CCCCC2)c1)Nc1ccccc1C(=O)NC1CC1. The Morgan fingerprint density at radius 2 is 1.71 bits per heavy atom. The largest absolute Gasteiger partial charge is 0.452 e. The summed E-state index contributed by atoms with van der Waals surface area (Å²) in [6, 6.07) is 12.4. The minimum absolute atomic E-state index is 0.0175. The number of anilines is 1. The molecule has 2 aromatic rings. The Hall–Kier alpha value is -3.24. The van der Waals surface area contributed by atoms with E-state index in [1.54, 1.807) is 24.3 Å². The first-order valence-corrected chi connectivity index (χ1v) is 12.8. The van der Waals surface area contributed by atoms with Gasteiger partial charge in [-0.1, -0.05) is 24.6 Å². The van der Waals surface area contributed by atoms with Crippen LogP contribution in [-0.2, 0) is 19.6 Å². The summed E-state index contributed by atoms with van der Waals surface area (Å²) >= 11 is 0. The number of nitrogens with one attached hydrogen (secondary N) is 2. The third-order valence-electron chi connectivity index (χ3n) is 5.72. The number of hydrogen-bond acceptors (Lipinski definition) is 6. The van der Waals surface area contributed by atoms with Gasteiger partial charge in [-0.25, -0.2) is 13.2 Å². The zero-order valence-electron chi connectivity index (χ0n) is 18.7. The van der Waals surface area contributed by atoms with Crippen LogP contribution in [0.3, 0.4) is 0 Å². The van der Waals surface area contributed by atoms with Crippen LogP contribution in [0.5, 0.6) is 0 Å². The molecule has 2 fully saturated rings.